The molecule has 1 aliphatic rings. The van der Waals surface area contributed by atoms with Crippen molar-refractivity contribution in [2.24, 2.45) is 0 Å². The molecule has 4 rings (SSSR count). The molecule has 1 saturated heterocycles. The van der Waals surface area contributed by atoms with Gasteiger partial charge in [0.15, 0.2) is 0 Å². The van der Waals surface area contributed by atoms with Gasteiger partial charge in [0.05, 0.1) is 0 Å². The molecule has 0 aliphatic carbocycles. The average molecular weight is 376 g/mol. The highest BCUT2D eigenvalue weighted by Gasteiger charge is 2.25. The van der Waals surface area contributed by atoms with E-state index in [0.717, 1.165) is 18.7 Å². The summed E-state index contributed by atoms with van der Waals surface area (Å²) in [7, 11) is 0. The van der Waals surface area contributed by atoms with Crippen LogP contribution in [-0.4, -0.2) is 46.4 Å². The second-order valence-electron chi connectivity index (χ2n) is 7.41. The van der Waals surface area contributed by atoms with Crippen molar-refractivity contribution in [3.05, 3.63) is 75.3 Å². The van der Waals surface area contributed by atoms with Crippen molar-refractivity contribution in [3.8, 4) is 0 Å². The van der Waals surface area contributed by atoms with Crippen LogP contribution in [0.15, 0.2) is 47.5 Å². The van der Waals surface area contributed by atoms with E-state index in [1.54, 1.807) is 17.2 Å². The minimum atomic E-state index is -0.310. The zero-order valence-electron chi connectivity index (χ0n) is 16.5. The number of carbonyl (C=O) groups is 1. The Kier molecular flexibility index (Phi) is 4.63. The van der Waals surface area contributed by atoms with Gasteiger partial charge in [-0.2, -0.15) is 0 Å². The van der Waals surface area contributed by atoms with Crippen molar-refractivity contribution in [2.45, 2.75) is 20.8 Å². The number of amides is 1. The van der Waals surface area contributed by atoms with Crippen LogP contribution in [0.3, 0.4) is 0 Å². The maximum absolute atomic E-state index is 13.0. The van der Waals surface area contributed by atoms with Crippen molar-refractivity contribution >= 4 is 17.2 Å². The minimum absolute atomic E-state index is 0.128. The van der Waals surface area contributed by atoms with Gasteiger partial charge >= 0.3 is 0 Å². The molecule has 6 heteroatoms. The predicted octanol–water partition coefficient (Wildman–Crippen LogP) is 2.58. The van der Waals surface area contributed by atoms with Crippen molar-refractivity contribution in [1.82, 2.24) is 14.3 Å². The molecule has 0 radical (unpaired) electrons. The Hall–Kier alpha value is -3.15. The van der Waals surface area contributed by atoms with E-state index >= 15 is 0 Å². The minimum Gasteiger partial charge on any atom is -0.368 e. The molecule has 6 nitrogen and oxygen atoms in total. The molecule has 0 unspecified atom stereocenters. The predicted molar refractivity (Wildman–Crippen MR) is 110 cm³/mol. The third kappa shape index (κ3) is 3.15. The number of hydrogen-bond acceptors (Lipinski definition) is 4. The van der Waals surface area contributed by atoms with Crippen LogP contribution in [0.5, 0.6) is 0 Å². The van der Waals surface area contributed by atoms with Gasteiger partial charge in [-0.25, -0.2) is 4.98 Å². The van der Waals surface area contributed by atoms with Crippen LogP contribution >= 0.6 is 0 Å². The van der Waals surface area contributed by atoms with Crippen molar-refractivity contribution in [3.63, 3.8) is 0 Å². The summed E-state index contributed by atoms with van der Waals surface area (Å²) >= 11 is 0. The van der Waals surface area contributed by atoms with E-state index in [0.29, 0.717) is 18.7 Å². The van der Waals surface area contributed by atoms with Gasteiger partial charge in [-0.3, -0.25) is 14.0 Å². The van der Waals surface area contributed by atoms with E-state index in [-0.39, 0.29) is 17.0 Å². The maximum atomic E-state index is 13.0. The Bertz CT molecular complexity index is 1110. The summed E-state index contributed by atoms with van der Waals surface area (Å²) in [5.41, 5.74) is 5.07. The highest BCUT2D eigenvalue weighted by Crippen LogP contribution is 2.24. The molecular formula is C22H24N4O2. The Balaban J connectivity index is 1.55. The molecule has 1 aliphatic heterocycles. The van der Waals surface area contributed by atoms with Gasteiger partial charge in [0.2, 0.25) is 0 Å². The van der Waals surface area contributed by atoms with Crippen molar-refractivity contribution in [1.29, 1.82) is 0 Å². The lowest BCUT2D eigenvalue weighted by Gasteiger charge is -2.37. The van der Waals surface area contributed by atoms with Gasteiger partial charge in [0.25, 0.3) is 11.5 Å². The molecule has 3 heterocycles. The van der Waals surface area contributed by atoms with Gasteiger partial charge in [0.1, 0.15) is 11.2 Å². The quantitative estimate of drug-likeness (QED) is 0.690. The summed E-state index contributed by atoms with van der Waals surface area (Å²) < 4.78 is 1.45. The van der Waals surface area contributed by atoms with Crippen LogP contribution in [-0.2, 0) is 0 Å². The zero-order valence-corrected chi connectivity index (χ0v) is 16.5. The Labute approximate surface area is 164 Å². The van der Waals surface area contributed by atoms with Crippen molar-refractivity contribution < 1.29 is 4.79 Å². The molecule has 0 spiro atoms. The number of benzene rings is 1. The number of aryl methyl sites for hydroxylation is 2. The first kappa shape index (κ1) is 18.2. The van der Waals surface area contributed by atoms with E-state index in [9.17, 15) is 9.59 Å². The number of rotatable bonds is 2. The first-order chi connectivity index (χ1) is 13.5. The summed E-state index contributed by atoms with van der Waals surface area (Å²) in [5.74, 6) is -0.242. The molecule has 0 atom stereocenters. The van der Waals surface area contributed by atoms with Gasteiger partial charge in [-0.15, -0.1) is 0 Å². The van der Waals surface area contributed by atoms with Crippen LogP contribution in [0.2, 0.25) is 0 Å². The zero-order chi connectivity index (χ0) is 19.8. The van der Waals surface area contributed by atoms with E-state index in [4.69, 9.17) is 0 Å². The molecule has 1 fully saturated rings. The van der Waals surface area contributed by atoms with E-state index in [1.807, 2.05) is 13.0 Å². The number of piperazine rings is 1. The van der Waals surface area contributed by atoms with Crippen LogP contribution < -0.4 is 10.5 Å². The van der Waals surface area contributed by atoms with Gasteiger partial charge in [-0.05, 0) is 49.6 Å². The third-order valence-corrected chi connectivity index (χ3v) is 5.56. The fraction of sp³-hybridized carbons (Fsp3) is 0.318. The molecule has 28 heavy (non-hydrogen) atoms. The normalized spacial score (nSPS) is 14.5. The maximum Gasteiger partial charge on any atom is 0.270 e. The fourth-order valence-corrected chi connectivity index (χ4v) is 3.73. The number of pyridine rings is 1. The number of fused-ring (bicyclic) bond motifs is 1. The SMILES string of the molecule is Cc1ccc2ncc(C(=O)N3CCN(c4cccc(C)c4C)CC3)c(=O)n2c1. The molecular weight excluding hydrogens is 352 g/mol. The lowest BCUT2D eigenvalue weighted by molar-refractivity contribution is 0.0744. The number of carbonyl (C=O) groups excluding carboxylic acids is 1. The molecule has 0 saturated carbocycles. The average Bonchev–Trinajstić information content (AvgIpc) is 2.70. The summed E-state index contributed by atoms with van der Waals surface area (Å²) in [6.07, 6.45) is 3.13. The van der Waals surface area contributed by atoms with E-state index in [1.165, 1.54) is 27.4 Å². The highest BCUT2D eigenvalue weighted by molar-refractivity contribution is 5.94. The second kappa shape index (κ2) is 7.11. The van der Waals surface area contributed by atoms with Crippen LogP contribution in [0, 0.1) is 20.8 Å². The first-order valence-corrected chi connectivity index (χ1v) is 9.54. The lowest BCUT2D eigenvalue weighted by Crippen LogP contribution is -2.50. The van der Waals surface area contributed by atoms with E-state index in [2.05, 4.69) is 41.9 Å². The van der Waals surface area contributed by atoms with Crippen molar-refractivity contribution in [2.75, 3.05) is 31.1 Å². The second-order valence-corrected chi connectivity index (χ2v) is 7.41. The smallest absolute Gasteiger partial charge is 0.270 e. The van der Waals surface area contributed by atoms with Gasteiger partial charge < -0.3 is 9.80 Å². The number of hydrogen-bond donors (Lipinski definition) is 0. The Morgan fingerprint density at radius 3 is 2.50 bits per heavy atom. The van der Waals surface area contributed by atoms with Gasteiger partial charge in [0, 0.05) is 44.3 Å². The van der Waals surface area contributed by atoms with Crippen LogP contribution in [0.1, 0.15) is 27.0 Å². The fourth-order valence-electron chi connectivity index (χ4n) is 3.73. The molecule has 2 aromatic heterocycles. The Morgan fingerprint density at radius 1 is 1.00 bits per heavy atom. The lowest BCUT2D eigenvalue weighted by atomic mass is 10.1. The van der Waals surface area contributed by atoms with E-state index < -0.39 is 0 Å². The molecule has 1 amide bonds. The number of aromatic nitrogens is 2. The first-order valence-electron chi connectivity index (χ1n) is 9.54. The molecule has 0 bridgehead atoms. The molecule has 0 N–H and O–H groups in total. The summed E-state index contributed by atoms with van der Waals surface area (Å²) in [6.45, 7) is 8.82. The standard InChI is InChI=1S/C22H24N4O2/c1-15-7-8-20-23-13-18(22(28)26(20)14-15)21(27)25-11-9-24(10-12-25)19-6-4-5-16(2)17(19)3/h4-8,13-14H,9-12H2,1-3H3. The third-order valence-electron chi connectivity index (χ3n) is 5.56. The topological polar surface area (TPSA) is 57.9 Å². The monoisotopic (exact) mass is 376 g/mol. The molecule has 1 aromatic carbocycles. The highest BCUT2D eigenvalue weighted by atomic mass is 16.2. The van der Waals surface area contributed by atoms with Gasteiger partial charge in [-0.1, -0.05) is 18.2 Å². The summed E-state index contributed by atoms with van der Waals surface area (Å²) in [4.78, 5) is 34.1. The largest absolute Gasteiger partial charge is 0.368 e. The number of anilines is 1. The van der Waals surface area contributed by atoms with Crippen LogP contribution in [0.25, 0.3) is 5.65 Å². The van der Waals surface area contributed by atoms with Crippen LogP contribution in [0.4, 0.5) is 5.69 Å². The molecule has 3 aromatic rings. The Morgan fingerprint density at radius 2 is 1.75 bits per heavy atom. The number of nitrogens with zero attached hydrogens (tertiary/aromatic N) is 4. The molecule has 144 valence electrons. The summed E-state index contributed by atoms with van der Waals surface area (Å²) in [6, 6.07) is 9.99. The summed E-state index contributed by atoms with van der Waals surface area (Å²) in [5, 5.41) is 0.